The fourth-order valence-corrected chi connectivity index (χ4v) is 4.24. The lowest BCUT2D eigenvalue weighted by atomic mass is 9.97. The number of hydrogen-bond acceptors (Lipinski definition) is 2. The second-order valence-electron chi connectivity index (χ2n) is 9.52. The first-order valence-corrected chi connectivity index (χ1v) is 12.9. The van der Waals surface area contributed by atoms with Crippen LogP contribution in [0.5, 0.6) is 11.5 Å². The SMILES string of the molecule is C=CCC/C(F)=C(\F)c1ccc(-c2cc(F)c(-c3ccc(C(F)(F)Oc4cc(F)c(OC(F)(F)F)c(F)c4)c(F)c3)c(F)c2)cc1. The van der Waals surface area contributed by atoms with Crippen molar-refractivity contribution in [2.24, 2.45) is 0 Å². The number of ether oxygens (including phenoxy) is 2. The number of benzene rings is 4. The van der Waals surface area contributed by atoms with Crippen LogP contribution in [-0.2, 0) is 6.11 Å². The standard InChI is InChI=1S/C32H18F12O2/c1-2-3-4-22(33)29(39)17-7-5-16(6-8-17)19-12-24(35)28(25(36)13-19)18-9-10-21(23(34)11-18)31(40,41)45-20-14-26(37)30(27(38)15-20)46-32(42,43)44/h2,5-15H,1,3-4H2/b29-22+. The predicted molar refractivity (Wildman–Crippen MR) is 143 cm³/mol. The monoisotopic (exact) mass is 662 g/mol. The van der Waals surface area contributed by atoms with Crippen molar-refractivity contribution in [2.45, 2.75) is 25.3 Å². The minimum absolute atomic E-state index is 0.0510. The Morgan fingerprint density at radius 1 is 0.652 bits per heavy atom. The lowest BCUT2D eigenvalue weighted by Crippen LogP contribution is -2.24. The number of rotatable bonds is 10. The molecular formula is C32H18F12O2. The van der Waals surface area contributed by atoms with Crippen molar-refractivity contribution in [3.8, 4) is 33.8 Å². The molecule has 0 amide bonds. The van der Waals surface area contributed by atoms with Crippen molar-refractivity contribution in [3.63, 3.8) is 0 Å². The zero-order valence-corrected chi connectivity index (χ0v) is 22.9. The van der Waals surface area contributed by atoms with E-state index in [-0.39, 0.29) is 41.7 Å². The fourth-order valence-electron chi connectivity index (χ4n) is 4.24. The predicted octanol–water partition coefficient (Wildman–Crippen LogP) is 11.3. The average molecular weight is 662 g/mol. The molecule has 0 N–H and O–H groups in total. The second-order valence-corrected chi connectivity index (χ2v) is 9.52. The molecule has 0 bridgehead atoms. The first-order chi connectivity index (χ1) is 21.5. The van der Waals surface area contributed by atoms with Gasteiger partial charge in [-0.05, 0) is 47.4 Å². The maximum Gasteiger partial charge on any atom is 0.573 e. The van der Waals surface area contributed by atoms with Crippen LogP contribution in [0.4, 0.5) is 52.7 Å². The molecule has 4 aromatic carbocycles. The second kappa shape index (κ2) is 13.2. The molecule has 0 aliphatic carbocycles. The van der Waals surface area contributed by atoms with Gasteiger partial charge in [-0.3, -0.25) is 0 Å². The van der Waals surface area contributed by atoms with E-state index in [1.807, 2.05) is 0 Å². The largest absolute Gasteiger partial charge is 0.573 e. The van der Waals surface area contributed by atoms with Crippen molar-refractivity contribution in [3.05, 3.63) is 125 Å². The van der Waals surface area contributed by atoms with Crippen LogP contribution in [0, 0.1) is 29.1 Å². The van der Waals surface area contributed by atoms with Gasteiger partial charge in [-0.1, -0.05) is 36.4 Å². The molecule has 4 rings (SSSR count). The van der Waals surface area contributed by atoms with Crippen LogP contribution < -0.4 is 9.47 Å². The van der Waals surface area contributed by atoms with Crippen LogP contribution in [-0.4, -0.2) is 6.36 Å². The van der Waals surface area contributed by atoms with E-state index in [2.05, 4.69) is 16.1 Å². The molecule has 46 heavy (non-hydrogen) atoms. The summed E-state index contributed by atoms with van der Waals surface area (Å²) in [4.78, 5) is 0. The van der Waals surface area contributed by atoms with E-state index < -0.39 is 81.4 Å². The minimum atomic E-state index is -5.50. The molecule has 0 fully saturated rings. The van der Waals surface area contributed by atoms with Gasteiger partial charge in [0.25, 0.3) is 0 Å². The zero-order chi connectivity index (χ0) is 34.0. The summed E-state index contributed by atoms with van der Waals surface area (Å²) in [6.45, 7) is 3.42. The molecule has 0 saturated heterocycles. The highest BCUT2D eigenvalue weighted by molar-refractivity contribution is 5.73. The zero-order valence-electron chi connectivity index (χ0n) is 22.9. The summed E-state index contributed by atoms with van der Waals surface area (Å²) >= 11 is 0. The first kappa shape index (κ1) is 34.0. The van der Waals surface area contributed by atoms with Crippen LogP contribution in [0.25, 0.3) is 28.1 Å². The molecule has 0 saturated carbocycles. The lowest BCUT2D eigenvalue weighted by molar-refractivity contribution is -0.276. The maximum atomic E-state index is 15.1. The highest BCUT2D eigenvalue weighted by atomic mass is 19.4. The van der Waals surface area contributed by atoms with Crippen LogP contribution in [0.15, 0.2) is 85.2 Å². The van der Waals surface area contributed by atoms with E-state index in [1.54, 1.807) is 0 Å². The van der Waals surface area contributed by atoms with Gasteiger partial charge < -0.3 is 9.47 Å². The highest BCUT2D eigenvalue weighted by Gasteiger charge is 2.39. The maximum absolute atomic E-state index is 15.1. The van der Waals surface area contributed by atoms with E-state index in [0.717, 1.165) is 12.1 Å². The number of alkyl halides is 5. The molecule has 0 heterocycles. The molecule has 14 heteroatoms. The van der Waals surface area contributed by atoms with Gasteiger partial charge in [0.1, 0.15) is 29.0 Å². The molecule has 2 nitrogen and oxygen atoms in total. The summed E-state index contributed by atoms with van der Waals surface area (Å²) in [5.74, 6) is -13.8. The van der Waals surface area contributed by atoms with E-state index in [9.17, 15) is 43.9 Å². The van der Waals surface area contributed by atoms with Crippen molar-refractivity contribution in [1.29, 1.82) is 0 Å². The Bertz CT molecular complexity index is 1750. The third kappa shape index (κ3) is 7.66. The molecule has 0 unspecified atom stereocenters. The molecule has 0 aliphatic rings. The smallest absolute Gasteiger partial charge is 0.429 e. The summed E-state index contributed by atoms with van der Waals surface area (Å²) in [6.07, 6.45) is -8.78. The molecule has 0 aromatic heterocycles. The minimum Gasteiger partial charge on any atom is -0.429 e. The van der Waals surface area contributed by atoms with Crippen molar-refractivity contribution in [1.82, 2.24) is 0 Å². The highest BCUT2D eigenvalue weighted by Crippen LogP contribution is 2.39. The Kier molecular flexibility index (Phi) is 9.78. The van der Waals surface area contributed by atoms with E-state index in [4.69, 9.17) is 0 Å². The van der Waals surface area contributed by atoms with Crippen molar-refractivity contribution < 1.29 is 62.2 Å². The summed E-state index contributed by atoms with van der Waals surface area (Å²) < 4.78 is 175. The van der Waals surface area contributed by atoms with Crippen molar-refractivity contribution >= 4 is 5.83 Å². The Labute approximate surface area is 252 Å². The summed E-state index contributed by atoms with van der Waals surface area (Å²) in [5.41, 5.74) is -2.89. The normalized spacial score (nSPS) is 12.5. The molecule has 0 spiro atoms. The molecule has 4 aromatic rings. The molecule has 0 radical (unpaired) electrons. The molecule has 0 atom stereocenters. The van der Waals surface area contributed by atoms with Crippen LogP contribution >= 0.6 is 0 Å². The van der Waals surface area contributed by atoms with Crippen LogP contribution in [0.1, 0.15) is 24.0 Å². The van der Waals surface area contributed by atoms with Gasteiger partial charge in [-0.2, -0.15) is 8.78 Å². The average Bonchev–Trinajstić information content (AvgIpc) is 2.96. The van der Waals surface area contributed by atoms with E-state index >= 15 is 8.78 Å². The Hall–Kier alpha value is -4.88. The van der Waals surface area contributed by atoms with E-state index in [0.29, 0.717) is 18.2 Å². The third-order valence-corrected chi connectivity index (χ3v) is 6.33. The quantitative estimate of drug-likeness (QED) is 0.124. The van der Waals surface area contributed by atoms with Gasteiger partial charge >= 0.3 is 12.5 Å². The number of hydrogen-bond donors (Lipinski definition) is 0. The first-order valence-electron chi connectivity index (χ1n) is 12.9. The number of halogens is 12. The lowest BCUT2D eigenvalue weighted by Gasteiger charge is -2.20. The van der Waals surface area contributed by atoms with Gasteiger partial charge in [0.2, 0.25) is 5.75 Å². The van der Waals surface area contributed by atoms with Crippen LogP contribution in [0.2, 0.25) is 0 Å². The molecule has 242 valence electrons. The van der Waals surface area contributed by atoms with Gasteiger partial charge in [-0.15, -0.1) is 19.8 Å². The third-order valence-electron chi connectivity index (χ3n) is 6.33. The fraction of sp³-hybridized carbons (Fsp3) is 0.125. The Morgan fingerprint density at radius 2 is 1.20 bits per heavy atom. The summed E-state index contributed by atoms with van der Waals surface area (Å²) in [7, 11) is 0. The van der Waals surface area contributed by atoms with Gasteiger partial charge in [0.05, 0.1) is 11.1 Å². The summed E-state index contributed by atoms with van der Waals surface area (Å²) in [5, 5.41) is 0. The molecule has 0 aliphatic heterocycles. The topological polar surface area (TPSA) is 18.5 Å². The van der Waals surface area contributed by atoms with Gasteiger partial charge in [0, 0.05) is 24.1 Å². The number of allylic oxidation sites excluding steroid dienone is 2. The van der Waals surface area contributed by atoms with Crippen molar-refractivity contribution in [2.75, 3.05) is 0 Å². The Morgan fingerprint density at radius 3 is 1.72 bits per heavy atom. The van der Waals surface area contributed by atoms with E-state index in [1.165, 1.54) is 30.3 Å². The summed E-state index contributed by atoms with van der Waals surface area (Å²) in [6, 6.07) is 7.89. The van der Waals surface area contributed by atoms with Gasteiger partial charge in [-0.25, -0.2) is 30.7 Å². The molecular weight excluding hydrogens is 644 g/mol. The Balaban J connectivity index is 1.58. The van der Waals surface area contributed by atoms with Crippen LogP contribution in [0.3, 0.4) is 0 Å². The van der Waals surface area contributed by atoms with Gasteiger partial charge in [0.15, 0.2) is 17.5 Å².